The molecule has 0 fully saturated rings. The van der Waals surface area contributed by atoms with E-state index in [1.165, 1.54) is 52.2 Å². The van der Waals surface area contributed by atoms with Crippen LogP contribution >= 0.6 is 0 Å². The van der Waals surface area contributed by atoms with Crippen molar-refractivity contribution < 1.29 is 27.1 Å². The summed E-state index contributed by atoms with van der Waals surface area (Å²) in [7, 11) is 0. The first kappa shape index (κ1) is 22.0. The molecule has 170 valence electrons. The summed E-state index contributed by atoms with van der Waals surface area (Å²) in [5, 5.41) is 10.6. The van der Waals surface area contributed by atoms with Crippen LogP contribution in [0.25, 0.3) is 0 Å². The van der Waals surface area contributed by atoms with E-state index in [2.05, 4.69) is 20.5 Å². The number of ether oxygens (including phenoxy) is 1. The van der Waals surface area contributed by atoms with Crippen LogP contribution in [0.2, 0.25) is 0 Å². The van der Waals surface area contributed by atoms with Crippen molar-refractivity contribution in [2.24, 2.45) is 0 Å². The number of hydrogen-bond donors (Lipinski definition) is 1. The smallest absolute Gasteiger partial charge is 0.416 e. The lowest BCUT2D eigenvalue weighted by Crippen LogP contribution is -2.15. The molecule has 0 aliphatic heterocycles. The first-order valence-corrected chi connectivity index (χ1v) is 9.55. The highest BCUT2D eigenvalue weighted by Crippen LogP contribution is 2.31. The van der Waals surface area contributed by atoms with Crippen LogP contribution in [0.5, 0.6) is 5.75 Å². The van der Waals surface area contributed by atoms with Gasteiger partial charge in [-0.3, -0.25) is 10.1 Å². The van der Waals surface area contributed by atoms with Crippen LogP contribution in [0.4, 0.5) is 23.5 Å². The average Bonchev–Trinajstić information content (AvgIpc) is 3.41. The van der Waals surface area contributed by atoms with Gasteiger partial charge in [-0.1, -0.05) is 18.2 Å². The van der Waals surface area contributed by atoms with Gasteiger partial charge in [0.2, 0.25) is 5.95 Å². The van der Waals surface area contributed by atoms with Gasteiger partial charge in [0, 0.05) is 6.20 Å². The predicted molar refractivity (Wildman–Crippen MR) is 108 cm³/mol. The zero-order valence-electron chi connectivity index (χ0n) is 16.8. The largest absolute Gasteiger partial charge is 0.471 e. The minimum absolute atomic E-state index is 0.0133. The van der Waals surface area contributed by atoms with Crippen LogP contribution in [0.15, 0.2) is 67.1 Å². The van der Waals surface area contributed by atoms with E-state index in [1.807, 2.05) is 0 Å². The molecule has 2 aromatic carbocycles. The Balaban J connectivity index is 1.33. The topological polar surface area (TPSA) is 86.9 Å². The number of carbonyl (C=O) groups is 1. The van der Waals surface area contributed by atoms with E-state index in [0.717, 1.165) is 12.1 Å². The van der Waals surface area contributed by atoms with Crippen molar-refractivity contribution in [2.75, 3.05) is 5.32 Å². The van der Waals surface area contributed by atoms with Crippen LogP contribution in [0, 0.1) is 5.82 Å². The fraction of sp³-hybridized carbons (Fsp3) is 0.143. The lowest BCUT2D eigenvalue weighted by molar-refractivity contribution is -0.137. The highest BCUT2D eigenvalue weighted by molar-refractivity contribution is 6.01. The summed E-state index contributed by atoms with van der Waals surface area (Å²) in [5.41, 5.74) is -0.119. The van der Waals surface area contributed by atoms with Crippen molar-refractivity contribution in [3.63, 3.8) is 0 Å². The molecule has 0 saturated heterocycles. The van der Waals surface area contributed by atoms with Gasteiger partial charge in [0.15, 0.2) is 12.4 Å². The van der Waals surface area contributed by atoms with E-state index < -0.39 is 17.6 Å². The molecule has 2 aromatic heterocycles. The standard InChI is InChI=1S/C21H16F4N6O2/c22-16-5-1-3-14(9-16)11-31-12-26-20(29-31)27-19(32)18-7-8-30(28-18)13-33-17-6-2-4-15(10-17)21(23,24)25/h1-10,12H,11,13H2,(H,27,29,32). The van der Waals surface area contributed by atoms with Crippen molar-refractivity contribution in [1.82, 2.24) is 24.5 Å². The minimum Gasteiger partial charge on any atom is -0.471 e. The summed E-state index contributed by atoms with van der Waals surface area (Å²) in [6.07, 6.45) is -1.64. The third kappa shape index (κ3) is 5.73. The number of aromatic nitrogens is 5. The van der Waals surface area contributed by atoms with Crippen LogP contribution in [-0.4, -0.2) is 30.5 Å². The van der Waals surface area contributed by atoms with Crippen LogP contribution in [0.3, 0.4) is 0 Å². The van der Waals surface area contributed by atoms with Gasteiger partial charge in [-0.15, -0.1) is 5.10 Å². The third-order valence-electron chi connectivity index (χ3n) is 4.39. The second-order valence-corrected chi connectivity index (χ2v) is 6.89. The first-order valence-electron chi connectivity index (χ1n) is 9.55. The van der Waals surface area contributed by atoms with Crippen molar-refractivity contribution in [3.05, 3.63) is 89.8 Å². The molecule has 0 bridgehead atoms. The summed E-state index contributed by atoms with van der Waals surface area (Å²) in [6.45, 7) is 0.0667. The summed E-state index contributed by atoms with van der Waals surface area (Å²) in [4.78, 5) is 16.4. The van der Waals surface area contributed by atoms with Gasteiger partial charge in [0.05, 0.1) is 12.1 Å². The molecule has 0 saturated carbocycles. The molecular weight excluding hydrogens is 444 g/mol. The molecule has 4 rings (SSSR count). The molecule has 0 spiro atoms. The maximum atomic E-state index is 13.3. The number of halogens is 4. The Hall–Kier alpha value is -4.22. The summed E-state index contributed by atoms with van der Waals surface area (Å²) >= 11 is 0. The highest BCUT2D eigenvalue weighted by Gasteiger charge is 2.30. The molecule has 0 atom stereocenters. The summed E-state index contributed by atoms with van der Waals surface area (Å²) in [5.74, 6) is -0.907. The Kier molecular flexibility index (Phi) is 6.07. The number of alkyl halides is 3. The second-order valence-electron chi connectivity index (χ2n) is 6.89. The Morgan fingerprint density at radius 3 is 2.64 bits per heavy atom. The van der Waals surface area contributed by atoms with E-state index in [4.69, 9.17) is 4.74 Å². The van der Waals surface area contributed by atoms with Crippen molar-refractivity contribution >= 4 is 11.9 Å². The van der Waals surface area contributed by atoms with Crippen LogP contribution in [-0.2, 0) is 19.5 Å². The Bertz CT molecular complexity index is 1270. The Morgan fingerprint density at radius 2 is 1.85 bits per heavy atom. The number of carbonyl (C=O) groups excluding carboxylic acids is 1. The number of nitrogens with zero attached hydrogens (tertiary/aromatic N) is 5. The van der Waals surface area contributed by atoms with E-state index in [1.54, 1.807) is 12.1 Å². The van der Waals surface area contributed by atoms with E-state index in [-0.39, 0.29) is 36.5 Å². The number of anilines is 1. The predicted octanol–water partition coefficient (Wildman–Crippen LogP) is 3.97. The number of hydrogen-bond acceptors (Lipinski definition) is 5. The quantitative estimate of drug-likeness (QED) is 0.422. The van der Waals surface area contributed by atoms with Gasteiger partial charge < -0.3 is 4.74 Å². The van der Waals surface area contributed by atoms with E-state index in [0.29, 0.717) is 5.56 Å². The molecule has 0 unspecified atom stereocenters. The number of benzene rings is 2. The van der Waals surface area contributed by atoms with Crippen LogP contribution < -0.4 is 10.1 Å². The van der Waals surface area contributed by atoms with Gasteiger partial charge in [-0.25, -0.2) is 18.7 Å². The molecule has 1 N–H and O–H groups in total. The molecule has 1 amide bonds. The number of amides is 1. The fourth-order valence-corrected chi connectivity index (χ4v) is 2.87. The van der Waals surface area contributed by atoms with E-state index in [9.17, 15) is 22.4 Å². The molecule has 0 aliphatic rings. The van der Waals surface area contributed by atoms with E-state index >= 15 is 0 Å². The van der Waals surface area contributed by atoms with Crippen molar-refractivity contribution in [2.45, 2.75) is 19.5 Å². The molecule has 2 heterocycles. The molecule has 33 heavy (non-hydrogen) atoms. The SMILES string of the molecule is O=C(Nc1ncn(Cc2cccc(F)c2)n1)c1ccn(COc2cccc(C(F)(F)F)c2)n1. The lowest BCUT2D eigenvalue weighted by Gasteiger charge is -2.10. The molecule has 4 aromatic rings. The normalized spacial score (nSPS) is 11.4. The lowest BCUT2D eigenvalue weighted by atomic mass is 10.2. The highest BCUT2D eigenvalue weighted by atomic mass is 19.4. The van der Waals surface area contributed by atoms with Crippen molar-refractivity contribution in [1.29, 1.82) is 0 Å². The van der Waals surface area contributed by atoms with Gasteiger partial charge >= 0.3 is 6.18 Å². The fourth-order valence-electron chi connectivity index (χ4n) is 2.87. The van der Waals surface area contributed by atoms with Crippen molar-refractivity contribution in [3.8, 4) is 5.75 Å². The van der Waals surface area contributed by atoms with Gasteiger partial charge in [0.25, 0.3) is 5.91 Å². The number of nitrogens with one attached hydrogen (secondary N) is 1. The zero-order chi connectivity index (χ0) is 23.4. The summed E-state index contributed by atoms with van der Waals surface area (Å²) in [6, 6.07) is 11.9. The van der Waals surface area contributed by atoms with Gasteiger partial charge in [-0.05, 0) is 42.0 Å². The maximum Gasteiger partial charge on any atom is 0.416 e. The molecule has 8 nitrogen and oxygen atoms in total. The maximum absolute atomic E-state index is 13.3. The second kappa shape index (κ2) is 9.10. The average molecular weight is 460 g/mol. The molecule has 0 aliphatic carbocycles. The molecule has 0 radical (unpaired) electrons. The monoisotopic (exact) mass is 460 g/mol. The zero-order valence-corrected chi connectivity index (χ0v) is 16.8. The number of rotatable bonds is 7. The molecular formula is C21H16F4N6O2. The Morgan fingerprint density at radius 1 is 1.03 bits per heavy atom. The van der Waals surface area contributed by atoms with Crippen LogP contribution in [0.1, 0.15) is 21.6 Å². The molecule has 12 heteroatoms. The summed E-state index contributed by atoms with van der Waals surface area (Å²) < 4.78 is 59.7. The third-order valence-corrected chi connectivity index (χ3v) is 4.39. The van der Waals surface area contributed by atoms with Gasteiger partial charge in [-0.2, -0.15) is 18.3 Å². The first-order chi connectivity index (χ1) is 15.8. The van der Waals surface area contributed by atoms with Gasteiger partial charge in [0.1, 0.15) is 17.9 Å². The Labute approximate surface area is 184 Å². The minimum atomic E-state index is -4.48.